The predicted molar refractivity (Wildman–Crippen MR) is 117 cm³/mol. The number of hydrazine groups is 1. The summed E-state index contributed by atoms with van der Waals surface area (Å²) in [6, 6.07) is 10.1. The molecule has 0 bridgehead atoms. The Labute approximate surface area is 174 Å². The molecule has 6 heteroatoms. The molecule has 4 N–H and O–H groups in total. The number of nitrogens with two attached hydrogens (primary N) is 1. The number of aromatic carboxylic acids is 1. The molecule has 0 fully saturated rings. The zero-order valence-electron chi connectivity index (χ0n) is 16.7. The molecule has 1 aliphatic carbocycles. The lowest BCUT2D eigenvalue weighted by atomic mass is 9.76. The second-order valence-electron chi connectivity index (χ2n) is 8.34. The SMILES string of the molecule is CC1(C)CCc2sc(-c3ccc(-c4ccncc4)cc3CNN)c(C(=O)O)c2C1. The molecular weight excluding hydrogens is 382 g/mol. The molecule has 29 heavy (non-hydrogen) atoms. The van der Waals surface area contributed by atoms with Crippen LogP contribution in [0.1, 0.15) is 46.6 Å². The van der Waals surface area contributed by atoms with E-state index in [1.165, 1.54) is 4.88 Å². The second kappa shape index (κ2) is 7.71. The van der Waals surface area contributed by atoms with Crippen molar-refractivity contribution >= 4 is 17.3 Å². The van der Waals surface area contributed by atoms with Crippen molar-refractivity contribution in [1.82, 2.24) is 10.4 Å². The third-order valence-corrected chi connectivity index (χ3v) is 6.97. The van der Waals surface area contributed by atoms with Crippen LogP contribution in [0.15, 0.2) is 42.7 Å². The fraction of sp³-hybridized carbons (Fsp3) is 0.304. The molecule has 0 aliphatic heterocycles. The second-order valence-corrected chi connectivity index (χ2v) is 9.45. The molecule has 3 aromatic rings. The Hall–Kier alpha value is -2.54. The number of carboxylic acids is 1. The highest BCUT2D eigenvalue weighted by Crippen LogP contribution is 2.46. The predicted octanol–water partition coefficient (Wildman–Crippen LogP) is 4.65. The van der Waals surface area contributed by atoms with Gasteiger partial charge in [0.25, 0.3) is 0 Å². The summed E-state index contributed by atoms with van der Waals surface area (Å²) in [4.78, 5) is 18.4. The summed E-state index contributed by atoms with van der Waals surface area (Å²) in [5.41, 5.74) is 8.40. The van der Waals surface area contributed by atoms with Crippen molar-refractivity contribution in [1.29, 1.82) is 0 Å². The molecule has 0 spiro atoms. The summed E-state index contributed by atoms with van der Waals surface area (Å²) < 4.78 is 0. The van der Waals surface area contributed by atoms with Crippen LogP contribution in [0.4, 0.5) is 0 Å². The lowest BCUT2D eigenvalue weighted by Gasteiger charge is -2.29. The van der Waals surface area contributed by atoms with Crippen molar-refractivity contribution in [2.75, 3.05) is 0 Å². The first-order valence-corrected chi connectivity index (χ1v) is 10.6. The summed E-state index contributed by atoms with van der Waals surface area (Å²) in [5, 5.41) is 10.1. The van der Waals surface area contributed by atoms with Crippen LogP contribution in [0.2, 0.25) is 0 Å². The van der Waals surface area contributed by atoms with E-state index in [1.54, 1.807) is 23.7 Å². The number of aromatic nitrogens is 1. The molecular formula is C23H25N3O2S. The van der Waals surface area contributed by atoms with E-state index in [4.69, 9.17) is 5.84 Å². The van der Waals surface area contributed by atoms with Gasteiger partial charge in [-0.1, -0.05) is 26.0 Å². The third kappa shape index (κ3) is 3.83. The number of pyridine rings is 1. The molecule has 0 atom stereocenters. The smallest absolute Gasteiger partial charge is 0.337 e. The quantitative estimate of drug-likeness (QED) is 0.423. The summed E-state index contributed by atoms with van der Waals surface area (Å²) in [6.07, 6.45) is 6.35. The van der Waals surface area contributed by atoms with Crippen molar-refractivity contribution < 1.29 is 9.90 Å². The molecule has 2 heterocycles. The van der Waals surface area contributed by atoms with Crippen LogP contribution in [0.3, 0.4) is 0 Å². The van der Waals surface area contributed by atoms with Gasteiger partial charge < -0.3 is 5.11 Å². The Morgan fingerprint density at radius 1 is 1.24 bits per heavy atom. The zero-order valence-corrected chi connectivity index (χ0v) is 17.5. The minimum absolute atomic E-state index is 0.127. The van der Waals surface area contributed by atoms with Gasteiger partial charge in [0.2, 0.25) is 0 Å². The molecule has 0 saturated heterocycles. The molecule has 150 valence electrons. The van der Waals surface area contributed by atoms with Gasteiger partial charge in [0.05, 0.1) is 5.56 Å². The first kappa shape index (κ1) is 19.8. The average Bonchev–Trinajstić information content (AvgIpc) is 3.06. The highest BCUT2D eigenvalue weighted by atomic mass is 32.1. The van der Waals surface area contributed by atoms with Gasteiger partial charge in [-0.3, -0.25) is 16.3 Å². The highest BCUT2D eigenvalue weighted by Gasteiger charge is 2.33. The van der Waals surface area contributed by atoms with E-state index in [-0.39, 0.29) is 5.41 Å². The van der Waals surface area contributed by atoms with Crippen molar-refractivity contribution in [3.8, 4) is 21.6 Å². The molecule has 1 aromatic carbocycles. The standard InChI is InChI=1S/C23H25N3O2S/c1-23(2)8-5-19-18(12-23)20(22(27)28)21(29-19)17-4-3-15(11-16(17)13-26-24)14-6-9-25-10-7-14/h3-4,6-7,9-11,26H,5,8,12-13,24H2,1-2H3,(H,27,28). The molecule has 5 nitrogen and oxygen atoms in total. The first-order chi connectivity index (χ1) is 13.9. The van der Waals surface area contributed by atoms with Gasteiger partial charge in [-0.25, -0.2) is 4.79 Å². The lowest BCUT2D eigenvalue weighted by molar-refractivity contribution is 0.0696. The molecule has 0 amide bonds. The maximum Gasteiger partial charge on any atom is 0.337 e. The third-order valence-electron chi connectivity index (χ3n) is 5.64. The van der Waals surface area contributed by atoms with Crippen molar-refractivity contribution in [2.45, 2.75) is 39.7 Å². The lowest BCUT2D eigenvalue weighted by Crippen LogP contribution is -2.22. The van der Waals surface area contributed by atoms with E-state index < -0.39 is 5.97 Å². The Kier molecular flexibility index (Phi) is 5.25. The van der Waals surface area contributed by atoms with Crippen LogP contribution in [0, 0.1) is 5.41 Å². The Morgan fingerprint density at radius 2 is 2.00 bits per heavy atom. The fourth-order valence-electron chi connectivity index (χ4n) is 4.13. The van der Waals surface area contributed by atoms with Crippen molar-refractivity contribution in [2.24, 2.45) is 11.3 Å². The Bertz CT molecular complexity index is 1060. The zero-order chi connectivity index (χ0) is 20.6. The minimum atomic E-state index is -0.847. The van der Waals surface area contributed by atoms with E-state index in [1.807, 2.05) is 24.3 Å². The average molecular weight is 408 g/mol. The summed E-state index contributed by atoms with van der Waals surface area (Å²) >= 11 is 1.63. The summed E-state index contributed by atoms with van der Waals surface area (Å²) in [7, 11) is 0. The molecule has 4 rings (SSSR count). The van der Waals surface area contributed by atoms with Crippen LogP contribution in [-0.2, 0) is 19.4 Å². The molecule has 0 radical (unpaired) electrons. The molecule has 0 unspecified atom stereocenters. The summed E-state index contributed by atoms with van der Waals surface area (Å²) in [6.45, 7) is 4.89. The van der Waals surface area contributed by atoms with E-state index in [9.17, 15) is 9.90 Å². The number of rotatable bonds is 5. The topological polar surface area (TPSA) is 88.2 Å². The van der Waals surface area contributed by atoms with Gasteiger partial charge in [0.1, 0.15) is 0 Å². The van der Waals surface area contributed by atoms with Crippen LogP contribution in [-0.4, -0.2) is 16.1 Å². The number of benzene rings is 1. The number of nitrogens with one attached hydrogen (secondary N) is 1. The molecule has 1 aliphatic rings. The number of carbonyl (C=O) groups is 1. The van der Waals surface area contributed by atoms with E-state index in [0.29, 0.717) is 12.1 Å². The fourth-order valence-corrected chi connectivity index (χ4v) is 5.50. The van der Waals surface area contributed by atoms with Crippen LogP contribution in [0.5, 0.6) is 0 Å². The van der Waals surface area contributed by atoms with Crippen LogP contribution >= 0.6 is 11.3 Å². The number of thiophene rings is 1. The van der Waals surface area contributed by atoms with Crippen LogP contribution < -0.4 is 11.3 Å². The van der Waals surface area contributed by atoms with Gasteiger partial charge in [-0.15, -0.1) is 11.3 Å². The number of hydrogen-bond acceptors (Lipinski definition) is 5. The maximum absolute atomic E-state index is 12.3. The number of aryl methyl sites for hydroxylation is 1. The number of carboxylic acid groups (broad SMARTS) is 1. The monoisotopic (exact) mass is 407 g/mol. The highest BCUT2D eigenvalue weighted by molar-refractivity contribution is 7.16. The number of hydrogen-bond donors (Lipinski definition) is 3. The molecule has 2 aromatic heterocycles. The minimum Gasteiger partial charge on any atom is -0.478 e. The number of nitrogens with zero attached hydrogens (tertiary/aromatic N) is 1. The largest absolute Gasteiger partial charge is 0.478 e. The van der Waals surface area contributed by atoms with Gasteiger partial charge in [0.15, 0.2) is 0 Å². The van der Waals surface area contributed by atoms with Gasteiger partial charge in [0, 0.05) is 28.7 Å². The van der Waals surface area contributed by atoms with Gasteiger partial charge in [-0.05, 0) is 70.7 Å². The summed E-state index contributed by atoms with van der Waals surface area (Å²) in [5.74, 6) is 4.81. The van der Waals surface area contributed by atoms with Gasteiger partial charge in [-0.2, -0.15) is 0 Å². The number of fused-ring (bicyclic) bond motifs is 1. The van der Waals surface area contributed by atoms with Gasteiger partial charge >= 0.3 is 5.97 Å². The van der Waals surface area contributed by atoms with E-state index >= 15 is 0 Å². The normalized spacial score (nSPS) is 15.1. The molecule has 0 saturated carbocycles. The van der Waals surface area contributed by atoms with Crippen molar-refractivity contribution in [3.05, 3.63) is 64.3 Å². The Morgan fingerprint density at radius 3 is 2.69 bits per heavy atom. The first-order valence-electron chi connectivity index (χ1n) is 9.74. The van der Waals surface area contributed by atoms with E-state index in [2.05, 4.69) is 30.3 Å². The van der Waals surface area contributed by atoms with Crippen LogP contribution in [0.25, 0.3) is 21.6 Å². The Balaban J connectivity index is 1.86. The maximum atomic E-state index is 12.3. The van der Waals surface area contributed by atoms with Crippen molar-refractivity contribution in [3.63, 3.8) is 0 Å². The van der Waals surface area contributed by atoms with E-state index in [0.717, 1.165) is 52.0 Å².